The fourth-order valence-corrected chi connectivity index (χ4v) is 2.33. The monoisotopic (exact) mass is 303 g/mol. The van der Waals surface area contributed by atoms with Crippen LogP contribution >= 0.6 is 0 Å². The number of rotatable bonds is 2. The minimum atomic E-state index is -0.600. The van der Waals surface area contributed by atoms with Crippen LogP contribution in [0.1, 0.15) is 18.1 Å². The molecule has 1 aliphatic rings. The topological polar surface area (TPSA) is 69.7 Å². The van der Waals surface area contributed by atoms with Crippen molar-refractivity contribution in [2.75, 3.05) is 26.2 Å². The zero-order valence-electron chi connectivity index (χ0n) is 13.0. The summed E-state index contributed by atoms with van der Waals surface area (Å²) in [5, 5.41) is 2.64. The van der Waals surface area contributed by atoms with Crippen LogP contribution in [-0.2, 0) is 20.9 Å². The lowest BCUT2D eigenvalue weighted by molar-refractivity contribution is -0.148. The fourth-order valence-electron chi connectivity index (χ4n) is 2.33. The first kappa shape index (κ1) is 16.0. The Kier molecular flexibility index (Phi) is 5.14. The predicted octanol–water partition coefficient (Wildman–Crippen LogP) is 0.302. The summed E-state index contributed by atoms with van der Waals surface area (Å²) in [5.41, 5.74) is 2.10. The van der Waals surface area contributed by atoms with Crippen molar-refractivity contribution in [3.05, 3.63) is 35.4 Å². The molecule has 1 aromatic carbocycles. The van der Waals surface area contributed by atoms with Crippen molar-refractivity contribution < 1.29 is 14.4 Å². The van der Waals surface area contributed by atoms with Crippen LogP contribution in [0.4, 0.5) is 0 Å². The normalized spacial score (nSPS) is 14.6. The molecule has 1 saturated heterocycles. The maximum atomic E-state index is 12.1. The number of nitrogens with one attached hydrogen (secondary N) is 1. The highest BCUT2D eigenvalue weighted by Gasteiger charge is 2.26. The molecular weight excluding hydrogens is 282 g/mol. The van der Waals surface area contributed by atoms with Gasteiger partial charge >= 0.3 is 11.8 Å². The first-order valence-corrected chi connectivity index (χ1v) is 7.35. The number of benzene rings is 1. The molecule has 1 aliphatic heterocycles. The van der Waals surface area contributed by atoms with E-state index in [4.69, 9.17) is 0 Å². The molecule has 0 saturated carbocycles. The van der Waals surface area contributed by atoms with Gasteiger partial charge in [0.05, 0.1) is 0 Å². The minimum absolute atomic E-state index is 0.00378. The molecule has 1 aromatic rings. The van der Waals surface area contributed by atoms with Gasteiger partial charge in [0.1, 0.15) is 0 Å². The van der Waals surface area contributed by atoms with Crippen molar-refractivity contribution >= 4 is 17.7 Å². The Hall–Kier alpha value is -2.37. The summed E-state index contributed by atoms with van der Waals surface area (Å²) in [6.07, 6.45) is 0. The van der Waals surface area contributed by atoms with Gasteiger partial charge in [0.25, 0.3) is 0 Å². The SMILES string of the molecule is CC(=O)N1CCN(C(=O)C(=O)NCc2ccc(C)cc2)CC1. The molecule has 0 aromatic heterocycles. The molecule has 1 heterocycles. The zero-order chi connectivity index (χ0) is 16.1. The van der Waals surface area contributed by atoms with E-state index < -0.39 is 11.8 Å². The second kappa shape index (κ2) is 7.06. The first-order valence-electron chi connectivity index (χ1n) is 7.35. The lowest BCUT2D eigenvalue weighted by atomic mass is 10.1. The van der Waals surface area contributed by atoms with Crippen molar-refractivity contribution in [2.24, 2.45) is 0 Å². The zero-order valence-corrected chi connectivity index (χ0v) is 13.0. The molecule has 0 spiro atoms. The molecule has 3 amide bonds. The quantitative estimate of drug-likeness (QED) is 0.799. The van der Waals surface area contributed by atoms with E-state index in [2.05, 4.69) is 5.32 Å². The van der Waals surface area contributed by atoms with E-state index in [0.717, 1.165) is 11.1 Å². The number of aryl methyl sites for hydroxylation is 1. The van der Waals surface area contributed by atoms with Crippen LogP contribution in [0.2, 0.25) is 0 Å². The van der Waals surface area contributed by atoms with Crippen LogP contribution in [-0.4, -0.2) is 53.7 Å². The highest BCUT2D eigenvalue weighted by molar-refractivity contribution is 6.35. The van der Waals surface area contributed by atoms with Crippen LogP contribution in [0.25, 0.3) is 0 Å². The van der Waals surface area contributed by atoms with Crippen LogP contribution in [0.15, 0.2) is 24.3 Å². The van der Waals surface area contributed by atoms with Gasteiger partial charge in [0.2, 0.25) is 5.91 Å². The number of amides is 3. The molecule has 118 valence electrons. The summed E-state index contributed by atoms with van der Waals surface area (Å²) in [6, 6.07) is 7.77. The average molecular weight is 303 g/mol. The standard InChI is InChI=1S/C16H21N3O3/c1-12-3-5-14(6-4-12)11-17-15(21)16(22)19-9-7-18(8-10-19)13(2)20/h3-6H,7-11H2,1-2H3,(H,17,21). The molecule has 6 nitrogen and oxygen atoms in total. The van der Waals surface area contributed by atoms with E-state index >= 15 is 0 Å². The summed E-state index contributed by atoms with van der Waals surface area (Å²) in [4.78, 5) is 38.4. The van der Waals surface area contributed by atoms with E-state index in [1.54, 1.807) is 4.90 Å². The van der Waals surface area contributed by atoms with Crippen molar-refractivity contribution in [3.63, 3.8) is 0 Å². The second-order valence-electron chi connectivity index (χ2n) is 5.47. The van der Waals surface area contributed by atoms with Crippen molar-refractivity contribution in [1.29, 1.82) is 0 Å². The molecule has 1 N–H and O–H groups in total. The molecule has 0 atom stereocenters. The third-order valence-electron chi connectivity index (χ3n) is 3.78. The largest absolute Gasteiger partial charge is 0.344 e. The highest BCUT2D eigenvalue weighted by atomic mass is 16.2. The van der Waals surface area contributed by atoms with Crippen LogP contribution in [0.3, 0.4) is 0 Å². The lowest BCUT2D eigenvalue weighted by Gasteiger charge is -2.33. The number of nitrogens with zero attached hydrogens (tertiary/aromatic N) is 2. The molecule has 1 fully saturated rings. The van der Waals surface area contributed by atoms with E-state index in [1.807, 2.05) is 31.2 Å². The third-order valence-corrected chi connectivity index (χ3v) is 3.78. The van der Waals surface area contributed by atoms with Gasteiger partial charge in [-0.1, -0.05) is 29.8 Å². The smallest absolute Gasteiger partial charge is 0.312 e. The Labute approximate surface area is 130 Å². The van der Waals surface area contributed by atoms with Gasteiger partial charge in [-0.2, -0.15) is 0 Å². The predicted molar refractivity (Wildman–Crippen MR) is 81.9 cm³/mol. The second-order valence-corrected chi connectivity index (χ2v) is 5.47. The molecule has 6 heteroatoms. The van der Waals surface area contributed by atoms with Crippen LogP contribution in [0, 0.1) is 6.92 Å². The number of carbonyl (C=O) groups is 3. The van der Waals surface area contributed by atoms with Gasteiger partial charge < -0.3 is 15.1 Å². The summed E-state index contributed by atoms with van der Waals surface area (Å²) >= 11 is 0. The molecular formula is C16H21N3O3. The molecule has 0 radical (unpaired) electrons. The molecule has 2 rings (SSSR count). The number of carbonyl (C=O) groups excluding carboxylic acids is 3. The summed E-state index contributed by atoms with van der Waals surface area (Å²) in [6.45, 7) is 5.59. The van der Waals surface area contributed by atoms with Crippen molar-refractivity contribution in [2.45, 2.75) is 20.4 Å². The van der Waals surface area contributed by atoms with Crippen LogP contribution < -0.4 is 5.32 Å². The first-order chi connectivity index (χ1) is 10.5. The summed E-state index contributed by atoms with van der Waals surface area (Å²) in [7, 11) is 0. The van der Waals surface area contributed by atoms with Gasteiger partial charge in [0, 0.05) is 39.6 Å². The summed E-state index contributed by atoms with van der Waals surface area (Å²) < 4.78 is 0. The number of hydrogen-bond acceptors (Lipinski definition) is 3. The maximum absolute atomic E-state index is 12.1. The van der Waals surface area contributed by atoms with Gasteiger partial charge in [-0.15, -0.1) is 0 Å². The Bertz CT molecular complexity index is 561. The van der Waals surface area contributed by atoms with Gasteiger partial charge in [-0.3, -0.25) is 14.4 Å². The Morgan fingerprint density at radius 1 is 1.00 bits per heavy atom. The fraction of sp³-hybridized carbons (Fsp3) is 0.438. The Morgan fingerprint density at radius 3 is 2.09 bits per heavy atom. The number of hydrogen-bond donors (Lipinski definition) is 1. The van der Waals surface area contributed by atoms with Crippen molar-refractivity contribution in [1.82, 2.24) is 15.1 Å². The van der Waals surface area contributed by atoms with E-state index in [-0.39, 0.29) is 5.91 Å². The van der Waals surface area contributed by atoms with Gasteiger partial charge in [-0.05, 0) is 12.5 Å². The average Bonchev–Trinajstić information content (AvgIpc) is 2.53. The molecule has 0 aliphatic carbocycles. The Balaban J connectivity index is 1.81. The molecule has 0 bridgehead atoms. The summed E-state index contributed by atoms with van der Waals surface area (Å²) in [5.74, 6) is -1.14. The van der Waals surface area contributed by atoms with Crippen LogP contribution in [0.5, 0.6) is 0 Å². The molecule has 0 unspecified atom stereocenters. The lowest BCUT2D eigenvalue weighted by Crippen LogP contribution is -2.53. The van der Waals surface area contributed by atoms with E-state index in [0.29, 0.717) is 32.7 Å². The Morgan fingerprint density at radius 2 is 1.55 bits per heavy atom. The van der Waals surface area contributed by atoms with Crippen molar-refractivity contribution in [3.8, 4) is 0 Å². The third kappa shape index (κ3) is 4.07. The van der Waals surface area contributed by atoms with E-state index in [1.165, 1.54) is 11.8 Å². The van der Waals surface area contributed by atoms with Gasteiger partial charge in [-0.25, -0.2) is 0 Å². The van der Waals surface area contributed by atoms with E-state index in [9.17, 15) is 14.4 Å². The molecule has 22 heavy (non-hydrogen) atoms. The van der Waals surface area contributed by atoms with Gasteiger partial charge in [0.15, 0.2) is 0 Å². The minimum Gasteiger partial charge on any atom is -0.344 e. The highest BCUT2D eigenvalue weighted by Crippen LogP contribution is 2.04. The maximum Gasteiger partial charge on any atom is 0.312 e. The number of piperazine rings is 1.